The van der Waals surface area contributed by atoms with Gasteiger partial charge in [-0.15, -0.1) is 0 Å². The number of benzene rings is 1. The zero-order valence-corrected chi connectivity index (χ0v) is 13.0. The highest BCUT2D eigenvalue weighted by atomic mass is 16.5. The predicted molar refractivity (Wildman–Crippen MR) is 84.7 cm³/mol. The minimum atomic E-state index is 0.114. The Labute approximate surface area is 127 Å². The third-order valence-corrected chi connectivity index (χ3v) is 4.75. The molecule has 2 aliphatic rings. The van der Waals surface area contributed by atoms with E-state index in [1.165, 1.54) is 37.7 Å². The van der Waals surface area contributed by atoms with Gasteiger partial charge in [-0.2, -0.15) is 0 Å². The van der Waals surface area contributed by atoms with Gasteiger partial charge < -0.3 is 15.2 Å². The van der Waals surface area contributed by atoms with Crippen LogP contribution in [0.25, 0.3) is 0 Å². The number of fused-ring (bicyclic) bond motifs is 1. The van der Waals surface area contributed by atoms with E-state index >= 15 is 0 Å². The number of hydrogen-bond donors (Lipinski definition) is 1. The second-order valence-corrected chi connectivity index (χ2v) is 6.78. The monoisotopic (exact) mass is 289 g/mol. The summed E-state index contributed by atoms with van der Waals surface area (Å²) in [7, 11) is 0. The van der Waals surface area contributed by atoms with Crippen molar-refractivity contribution in [3.8, 4) is 11.5 Å². The maximum Gasteiger partial charge on any atom is 0.161 e. The van der Waals surface area contributed by atoms with Crippen molar-refractivity contribution in [1.82, 2.24) is 0 Å². The molecule has 1 aliphatic heterocycles. The Morgan fingerprint density at radius 1 is 1.10 bits per heavy atom. The molecule has 0 radical (unpaired) electrons. The molecule has 2 atom stereocenters. The van der Waals surface area contributed by atoms with Crippen LogP contribution in [0.5, 0.6) is 11.5 Å². The van der Waals surface area contributed by atoms with E-state index in [9.17, 15) is 0 Å². The fraction of sp³-hybridized carbons (Fsp3) is 0.667. The van der Waals surface area contributed by atoms with Gasteiger partial charge in [0, 0.05) is 12.0 Å². The Hall–Kier alpha value is -1.22. The van der Waals surface area contributed by atoms with E-state index in [2.05, 4.69) is 19.1 Å². The minimum Gasteiger partial charge on any atom is -0.489 e. The van der Waals surface area contributed by atoms with Crippen LogP contribution in [0.1, 0.15) is 57.1 Å². The fourth-order valence-corrected chi connectivity index (χ4v) is 3.42. The van der Waals surface area contributed by atoms with Crippen LogP contribution in [0.15, 0.2) is 18.2 Å². The van der Waals surface area contributed by atoms with Gasteiger partial charge in [0.1, 0.15) is 0 Å². The van der Waals surface area contributed by atoms with Crippen molar-refractivity contribution in [3.63, 3.8) is 0 Å². The molecule has 1 fully saturated rings. The van der Waals surface area contributed by atoms with Crippen molar-refractivity contribution in [3.05, 3.63) is 23.8 Å². The van der Waals surface area contributed by atoms with Crippen LogP contribution in [0, 0.1) is 11.8 Å². The van der Waals surface area contributed by atoms with Crippen molar-refractivity contribution < 1.29 is 9.47 Å². The maximum absolute atomic E-state index is 6.43. The highest BCUT2D eigenvalue weighted by Crippen LogP contribution is 2.35. The molecule has 0 amide bonds. The quantitative estimate of drug-likeness (QED) is 0.912. The Morgan fingerprint density at radius 2 is 1.81 bits per heavy atom. The van der Waals surface area contributed by atoms with Crippen LogP contribution in [-0.2, 0) is 0 Å². The number of ether oxygens (including phenoxy) is 2. The van der Waals surface area contributed by atoms with Gasteiger partial charge in [0.25, 0.3) is 0 Å². The van der Waals surface area contributed by atoms with Gasteiger partial charge in [-0.1, -0.05) is 45.1 Å². The van der Waals surface area contributed by atoms with E-state index in [0.717, 1.165) is 30.4 Å². The molecule has 1 aromatic carbocycles. The van der Waals surface area contributed by atoms with E-state index in [-0.39, 0.29) is 6.04 Å². The van der Waals surface area contributed by atoms with Crippen molar-refractivity contribution in [2.45, 2.75) is 51.5 Å². The molecule has 0 spiro atoms. The average Bonchev–Trinajstić information content (AvgIpc) is 2.70. The lowest BCUT2D eigenvalue weighted by molar-refractivity contribution is 0.228. The van der Waals surface area contributed by atoms with Crippen LogP contribution in [0.2, 0.25) is 0 Å². The Morgan fingerprint density at radius 3 is 2.57 bits per heavy atom. The van der Waals surface area contributed by atoms with Gasteiger partial charge in [-0.3, -0.25) is 0 Å². The minimum absolute atomic E-state index is 0.114. The van der Waals surface area contributed by atoms with E-state index in [1.807, 2.05) is 6.07 Å². The van der Waals surface area contributed by atoms with Gasteiger partial charge in [-0.05, 0) is 30.0 Å². The Balaban J connectivity index is 1.67. The summed E-state index contributed by atoms with van der Waals surface area (Å²) in [6.45, 7) is 3.58. The zero-order valence-electron chi connectivity index (χ0n) is 13.0. The van der Waals surface area contributed by atoms with Crippen LogP contribution in [-0.4, -0.2) is 13.2 Å². The smallest absolute Gasteiger partial charge is 0.161 e. The van der Waals surface area contributed by atoms with Gasteiger partial charge in [0.2, 0.25) is 0 Å². The summed E-state index contributed by atoms with van der Waals surface area (Å²) in [5.74, 6) is 2.94. The highest BCUT2D eigenvalue weighted by molar-refractivity contribution is 5.44. The molecule has 0 bridgehead atoms. The van der Waals surface area contributed by atoms with Crippen LogP contribution in [0.4, 0.5) is 0 Å². The van der Waals surface area contributed by atoms with Crippen molar-refractivity contribution in [2.24, 2.45) is 17.6 Å². The molecule has 1 aromatic rings. The van der Waals surface area contributed by atoms with Gasteiger partial charge in [-0.25, -0.2) is 0 Å². The standard InChI is InChI=1S/C18H27NO2/c1-13-11-20-17-8-7-15(10-18(17)21-12-13)16(19)9-14-5-3-2-4-6-14/h7-8,10,13-14,16H,2-6,9,11-12,19H2,1H3. The maximum atomic E-state index is 6.43. The molecular weight excluding hydrogens is 262 g/mol. The largest absolute Gasteiger partial charge is 0.489 e. The first kappa shape index (κ1) is 14.7. The first-order chi connectivity index (χ1) is 10.2. The van der Waals surface area contributed by atoms with E-state index in [0.29, 0.717) is 12.5 Å². The molecule has 1 aliphatic carbocycles. The number of hydrogen-bond acceptors (Lipinski definition) is 3. The molecule has 3 heteroatoms. The Bertz CT molecular complexity index is 468. The topological polar surface area (TPSA) is 44.5 Å². The molecule has 0 saturated heterocycles. The third kappa shape index (κ3) is 3.70. The lowest BCUT2D eigenvalue weighted by atomic mass is 9.83. The lowest BCUT2D eigenvalue weighted by Gasteiger charge is -2.25. The zero-order chi connectivity index (χ0) is 14.7. The summed E-state index contributed by atoms with van der Waals surface area (Å²) < 4.78 is 11.6. The molecule has 2 N–H and O–H groups in total. The summed E-state index contributed by atoms with van der Waals surface area (Å²) in [6.07, 6.45) is 7.92. The average molecular weight is 289 g/mol. The lowest BCUT2D eigenvalue weighted by Crippen LogP contribution is -2.17. The number of rotatable bonds is 3. The SMILES string of the molecule is CC1COc2ccc(C(N)CC3CCCCC3)cc2OC1. The summed E-state index contributed by atoms with van der Waals surface area (Å²) in [4.78, 5) is 0. The summed E-state index contributed by atoms with van der Waals surface area (Å²) in [5, 5.41) is 0. The molecule has 3 nitrogen and oxygen atoms in total. The first-order valence-electron chi connectivity index (χ1n) is 8.37. The fourth-order valence-electron chi connectivity index (χ4n) is 3.42. The van der Waals surface area contributed by atoms with Gasteiger partial charge in [0.15, 0.2) is 11.5 Å². The molecule has 21 heavy (non-hydrogen) atoms. The van der Waals surface area contributed by atoms with Crippen molar-refractivity contribution in [1.29, 1.82) is 0 Å². The second kappa shape index (κ2) is 6.69. The van der Waals surface area contributed by atoms with E-state index < -0.39 is 0 Å². The third-order valence-electron chi connectivity index (χ3n) is 4.75. The summed E-state index contributed by atoms with van der Waals surface area (Å²) in [5.41, 5.74) is 7.61. The molecule has 116 valence electrons. The van der Waals surface area contributed by atoms with Crippen molar-refractivity contribution in [2.75, 3.05) is 13.2 Å². The molecule has 0 aromatic heterocycles. The molecule has 1 heterocycles. The normalized spacial score (nSPS) is 24.4. The molecule has 2 unspecified atom stereocenters. The highest BCUT2D eigenvalue weighted by Gasteiger charge is 2.20. The number of nitrogens with two attached hydrogens (primary N) is 1. The van der Waals surface area contributed by atoms with Crippen LogP contribution < -0.4 is 15.2 Å². The predicted octanol–water partition coefficient (Wildman–Crippen LogP) is 4.06. The van der Waals surface area contributed by atoms with Crippen LogP contribution >= 0.6 is 0 Å². The first-order valence-corrected chi connectivity index (χ1v) is 8.37. The van der Waals surface area contributed by atoms with Crippen molar-refractivity contribution >= 4 is 0 Å². The Kier molecular flexibility index (Phi) is 4.69. The van der Waals surface area contributed by atoms with Crippen LogP contribution in [0.3, 0.4) is 0 Å². The van der Waals surface area contributed by atoms with E-state index in [4.69, 9.17) is 15.2 Å². The second-order valence-electron chi connectivity index (χ2n) is 6.78. The van der Waals surface area contributed by atoms with Gasteiger partial charge in [0.05, 0.1) is 13.2 Å². The van der Waals surface area contributed by atoms with Gasteiger partial charge >= 0.3 is 0 Å². The molecule has 1 saturated carbocycles. The molecular formula is C18H27NO2. The summed E-state index contributed by atoms with van der Waals surface area (Å²) in [6, 6.07) is 6.32. The van der Waals surface area contributed by atoms with E-state index in [1.54, 1.807) is 0 Å². The molecule has 3 rings (SSSR count). The summed E-state index contributed by atoms with van der Waals surface area (Å²) >= 11 is 0.